The summed E-state index contributed by atoms with van der Waals surface area (Å²) in [5.74, 6) is 0. The second-order valence-corrected chi connectivity index (χ2v) is 16.6. The van der Waals surface area contributed by atoms with Crippen LogP contribution in [0.1, 0.15) is 217 Å². The zero-order valence-electron chi connectivity index (χ0n) is 33.2. The van der Waals surface area contributed by atoms with Crippen LogP contribution in [0.5, 0.6) is 0 Å². The molecule has 0 radical (unpaired) electrons. The van der Waals surface area contributed by atoms with Gasteiger partial charge in [0.1, 0.15) is 0 Å². The molecule has 1 unspecified atom stereocenters. The molecule has 1 atom stereocenters. The van der Waals surface area contributed by atoms with Crippen molar-refractivity contribution in [3.05, 3.63) is 82.9 Å². The molecule has 0 saturated carbocycles. The maximum absolute atomic E-state index is 2.78. The molecular formula is C50H74. The van der Waals surface area contributed by atoms with Crippen molar-refractivity contribution in [3.63, 3.8) is 0 Å². The molecule has 0 aromatic heterocycles. The maximum Gasteiger partial charge on any atom is 0.0215 e. The molecule has 3 aromatic carbocycles. The number of fused-ring (bicyclic) bond motifs is 6. The molecule has 0 nitrogen and oxygen atoms in total. The lowest BCUT2D eigenvalue weighted by Gasteiger charge is -2.35. The summed E-state index contributed by atoms with van der Waals surface area (Å²) in [5.41, 5.74) is 13.2. The fourth-order valence-electron chi connectivity index (χ4n) is 10.2. The number of hydrogen-bond acceptors (Lipinski definition) is 0. The smallest absolute Gasteiger partial charge is 0.0215 e. The van der Waals surface area contributed by atoms with E-state index in [1.165, 1.54) is 167 Å². The lowest BCUT2D eigenvalue weighted by molar-refractivity contribution is 0.395. The van der Waals surface area contributed by atoms with Gasteiger partial charge < -0.3 is 0 Å². The van der Waals surface area contributed by atoms with Crippen molar-refractivity contribution >= 4 is 0 Å². The van der Waals surface area contributed by atoms with Gasteiger partial charge in [-0.1, -0.05) is 217 Å². The largest absolute Gasteiger partial charge is 0.0654 e. The molecule has 0 heterocycles. The Kier molecular flexibility index (Phi) is 15.6. The normalized spacial score (nSPS) is 16.7. The van der Waals surface area contributed by atoms with Gasteiger partial charge in [-0.25, -0.2) is 0 Å². The molecule has 0 saturated heterocycles. The van der Waals surface area contributed by atoms with E-state index in [-0.39, 0.29) is 10.8 Å². The Morgan fingerprint density at radius 3 is 0.920 bits per heavy atom. The molecule has 0 bridgehead atoms. The van der Waals surface area contributed by atoms with E-state index in [4.69, 9.17) is 0 Å². The van der Waals surface area contributed by atoms with Gasteiger partial charge in [0.25, 0.3) is 0 Å². The number of benzene rings is 3. The third-order valence-electron chi connectivity index (χ3n) is 13.0. The van der Waals surface area contributed by atoms with Gasteiger partial charge in [-0.15, -0.1) is 0 Å². The van der Waals surface area contributed by atoms with Crippen LogP contribution in [-0.2, 0) is 10.8 Å². The van der Waals surface area contributed by atoms with Gasteiger partial charge in [0, 0.05) is 10.8 Å². The number of hydrogen-bond donors (Lipinski definition) is 0. The van der Waals surface area contributed by atoms with Crippen LogP contribution < -0.4 is 0 Å². The van der Waals surface area contributed by atoms with Gasteiger partial charge in [0.05, 0.1) is 0 Å². The van der Waals surface area contributed by atoms with E-state index in [1.54, 1.807) is 44.5 Å². The molecular weight excluding hydrogens is 601 g/mol. The average molecular weight is 675 g/mol. The summed E-state index contributed by atoms with van der Waals surface area (Å²) in [6, 6.07) is 25.0. The van der Waals surface area contributed by atoms with Crippen LogP contribution in [0.3, 0.4) is 0 Å². The van der Waals surface area contributed by atoms with Gasteiger partial charge in [-0.3, -0.25) is 0 Å². The Morgan fingerprint density at radius 2 is 0.580 bits per heavy atom. The Morgan fingerprint density at radius 1 is 0.300 bits per heavy atom. The minimum Gasteiger partial charge on any atom is -0.0654 e. The third-order valence-corrected chi connectivity index (χ3v) is 13.0. The van der Waals surface area contributed by atoms with E-state index in [2.05, 4.69) is 88.4 Å². The third kappa shape index (κ3) is 8.81. The second kappa shape index (κ2) is 20.0. The lowest BCUT2D eigenvalue weighted by atomic mass is 9.68. The van der Waals surface area contributed by atoms with Crippen molar-refractivity contribution in [2.45, 2.75) is 205 Å². The van der Waals surface area contributed by atoms with Crippen LogP contribution in [-0.4, -0.2) is 0 Å². The molecule has 0 fully saturated rings. The van der Waals surface area contributed by atoms with E-state index in [0.717, 1.165) is 0 Å². The summed E-state index contributed by atoms with van der Waals surface area (Å²) in [6.07, 6.45) is 35.3. The van der Waals surface area contributed by atoms with Crippen LogP contribution in [0.15, 0.2) is 60.7 Å². The Hall–Kier alpha value is -2.34. The molecule has 0 amide bonds. The first-order valence-electron chi connectivity index (χ1n) is 22.1. The van der Waals surface area contributed by atoms with Crippen molar-refractivity contribution in [2.24, 2.45) is 0 Å². The van der Waals surface area contributed by atoms with Crippen molar-refractivity contribution in [1.82, 2.24) is 0 Å². The summed E-state index contributed by atoms with van der Waals surface area (Å²) in [4.78, 5) is 0. The second-order valence-electron chi connectivity index (χ2n) is 16.6. The highest BCUT2D eigenvalue weighted by Gasteiger charge is 2.47. The van der Waals surface area contributed by atoms with Crippen molar-refractivity contribution in [1.29, 1.82) is 0 Å². The number of unbranched alkanes of at least 4 members (excludes halogenated alkanes) is 18. The predicted molar refractivity (Wildman–Crippen MR) is 222 cm³/mol. The molecule has 0 N–H and O–H groups in total. The molecule has 2 aliphatic carbocycles. The Bertz CT molecular complexity index is 1410. The minimum absolute atomic E-state index is 0.150. The molecule has 3 aromatic rings. The molecule has 0 heteroatoms. The Labute approximate surface area is 309 Å². The molecule has 0 aliphatic heterocycles. The summed E-state index contributed by atoms with van der Waals surface area (Å²) in [7, 11) is 0. The standard InChI is InChI=1S/C50H74/c1-5-9-13-17-20-28-36-49(35-27-16-12-8-4)45-33-25-23-31-41(45)43-40-48-44(39-47(43)49)42-32-24-26-34-46(42)50(48,37-29-21-18-14-10-6-2)38-30-22-19-15-11-7-3/h23-26,31-34,39-40H,5-22,27-30,35-38H2,1-4H3. The van der Waals surface area contributed by atoms with Gasteiger partial charge in [-0.05, 0) is 82.3 Å². The minimum atomic E-state index is 0.150. The molecule has 274 valence electrons. The summed E-state index contributed by atoms with van der Waals surface area (Å²) < 4.78 is 0. The van der Waals surface area contributed by atoms with E-state index in [1.807, 2.05) is 0 Å². The van der Waals surface area contributed by atoms with Crippen molar-refractivity contribution in [3.8, 4) is 22.3 Å². The highest BCUT2D eigenvalue weighted by atomic mass is 14.5. The van der Waals surface area contributed by atoms with E-state index >= 15 is 0 Å². The fraction of sp³-hybridized carbons (Fsp3) is 0.640. The van der Waals surface area contributed by atoms with Gasteiger partial charge in [0.15, 0.2) is 0 Å². The van der Waals surface area contributed by atoms with Crippen LogP contribution in [0.2, 0.25) is 0 Å². The number of rotatable bonds is 26. The summed E-state index contributed by atoms with van der Waals surface area (Å²) >= 11 is 0. The van der Waals surface area contributed by atoms with Crippen LogP contribution in [0.25, 0.3) is 22.3 Å². The van der Waals surface area contributed by atoms with Crippen LogP contribution in [0, 0.1) is 0 Å². The van der Waals surface area contributed by atoms with Crippen LogP contribution in [0.4, 0.5) is 0 Å². The van der Waals surface area contributed by atoms with Crippen molar-refractivity contribution in [2.75, 3.05) is 0 Å². The van der Waals surface area contributed by atoms with E-state index < -0.39 is 0 Å². The molecule has 5 rings (SSSR count). The van der Waals surface area contributed by atoms with Crippen molar-refractivity contribution < 1.29 is 0 Å². The zero-order chi connectivity index (χ0) is 35.1. The van der Waals surface area contributed by atoms with Crippen LogP contribution >= 0.6 is 0 Å². The monoisotopic (exact) mass is 675 g/mol. The summed E-state index contributed by atoms with van der Waals surface area (Å²) in [5, 5.41) is 0. The molecule has 0 spiro atoms. The first-order valence-corrected chi connectivity index (χ1v) is 22.1. The SMILES string of the molecule is CCCCCCCCC1(CCCCCC)c2ccccc2-c2cc3c(cc21)-c1ccccc1C3(CCCCCCCC)CCCCCCCC. The lowest BCUT2D eigenvalue weighted by Crippen LogP contribution is -2.27. The van der Waals surface area contributed by atoms with E-state index in [0.29, 0.717) is 0 Å². The topological polar surface area (TPSA) is 0 Å². The van der Waals surface area contributed by atoms with Gasteiger partial charge >= 0.3 is 0 Å². The highest BCUT2D eigenvalue weighted by Crippen LogP contribution is 2.60. The average Bonchev–Trinajstić information content (AvgIpc) is 3.57. The first-order chi connectivity index (χ1) is 24.7. The molecule has 2 aliphatic rings. The maximum atomic E-state index is 2.78. The highest BCUT2D eigenvalue weighted by molar-refractivity contribution is 5.90. The zero-order valence-corrected chi connectivity index (χ0v) is 33.2. The van der Waals surface area contributed by atoms with Gasteiger partial charge in [-0.2, -0.15) is 0 Å². The van der Waals surface area contributed by atoms with Gasteiger partial charge in [0.2, 0.25) is 0 Å². The first kappa shape index (κ1) is 38.9. The predicted octanol–water partition coefficient (Wildman–Crippen LogP) is 16.4. The Balaban J connectivity index is 1.56. The molecule has 50 heavy (non-hydrogen) atoms. The quantitative estimate of drug-likeness (QED) is 0.0744. The summed E-state index contributed by atoms with van der Waals surface area (Å²) in [6.45, 7) is 9.37. The fourth-order valence-corrected chi connectivity index (χ4v) is 10.2. The van der Waals surface area contributed by atoms with E-state index in [9.17, 15) is 0 Å².